The molecule has 0 saturated heterocycles. The molecule has 4 aromatic rings. The number of rotatable bonds is 5. The summed E-state index contributed by atoms with van der Waals surface area (Å²) in [5, 5.41) is 0.800. The summed E-state index contributed by atoms with van der Waals surface area (Å²) in [6.07, 6.45) is 0. The van der Waals surface area contributed by atoms with Crippen molar-refractivity contribution in [2.75, 3.05) is 7.11 Å². The average molecular weight is 369 g/mol. The minimum atomic E-state index is -0.0852. The van der Waals surface area contributed by atoms with Gasteiger partial charge in [-0.2, -0.15) is 0 Å². The van der Waals surface area contributed by atoms with Crippen LogP contribution in [0, 0.1) is 0 Å². The van der Waals surface area contributed by atoms with Gasteiger partial charge in [0.1, 0.15) is 5.75 Å². The van der Waals surface area contributed by atoms with Crippen LogP contribution in [0.3, 0.4) is 0 Å². The van der Waals surface area contributed by atoms with E-state index in [9.17, 15) is 9.59 Å². The fourth-order valence-corrected chi connectivity index (χ4v) is 3.41. The fraction of sp³-hybridized carbons (Fsp3) is 0.0833. The van der Waals surface area contributed by atoms with E-state index in [1.54, 1.807) is 37.4 Å². The number of hydrogen-bond acceptors (Lipinski definition) is 3. The van der Waals surface area contributed by atoms with Crippen molar-refractivity contribution in [3.63, 3.8) is 0 Å². The van der Waals surface area contributed by atoms with E-state index in [1.807, 2.05) is 60.1 Å². The highest BCUT2D eigenvalue weighted by molar-refractivity contribution is 6.14. The van der Waals surface area contributed by atoms with Gasteiger partial charge in [-0.05, 0) is 18.2 Å². The standard InChI is InChI=1S/C24H19NO3/c1-25-20-13-18(23(26)16-9-5-3-6-10-16)14-22(28-2)19(20)15-21(25)24(27)17-11-7-4-8-12-17/h3-15H,1-2H3. The zero-order chi connectivity index (χ0) is 19.7. The van der Waals surface area contributed by atoms with E-state index >= 15 is 0 Å². The highest BCUT2D eigenvalue weighted by Crippen LogP contribution is 2.32. The maximum Gasteiger partial charge on any atom is 0.209 e. The molecule has 3 aromatic carbocycles. The quantitative estimate of drug-likeness (QED) is 0.481. The van der Waals surface area contributed by atoms with Gasteiger partial charge >= 0.3 is 0 Å². The van der Waals surface area contributed by atoms with Crippen LogP contribution in [0.2, 0.25) is 0 Å². The molecule has 1 heterocycles. The van der Waals surface area contributed by atoms with Gasteiger partial charge in [-0.1, -0.05) is 60.7 Å². The highest BCUT2D eigenvalue weighted by Gasteiger charge is 2.20. The third-order valence-corrected chi connectivity index (χ3v) is 4.91. The Kier molecular flexibility index (Phi) is 4.53. The third-order valence-electron chi connectivity index (χ3n) is 4.91. The number of methoxy groups -OCH3 is 1. The first-order valence-corrected chi connectivity index (χ1v) is 8.97. The number of benzene rings is 3. The van der Waals surface area contributed by atoms with E-state index in [2.05, 4.69) is 0 Å². The molecule has 0 unspecified atom stereocenters. The summed E-state index contributed by atoms with van der Waals surface area (Å²) in [5.74, 6) is 0.412. The lowest BCUT2D eigenvalue weighted by atomic mass is 10.0. The van der Waals surface area contributed by atoms with Crippen LogP contribution in [0.4, 0.5) is 0 Å². The van der Waals surface area contributed by atoms with Crippen LogP contribution >= 0.6 is 0 Å². The van der Waals surface area contributed by atoms with Crippen molar-refractivity contribution in [3.8, 4) is 5.75 Å². The third kappa shape index (κ3) is 2.99. The second kappa shape index (κ2) is 7.16. The first kappa shape index (κ1) is 17.7. The van der Waals surface area contributed by atoms with Gasteiger partial charge in [0.15, 0.2) is 5.78 Å². The molecule has 0 fully saturated rings. The van der Waals surface area contributed by atoms with Crippen molar-refractivity contribution in [1.29, 1.82) is 0 Å². The van der Waals surface area contributed by atoms with Crippen LogP contribution < -0.4 is 4.74 Å². The van der Waals surface area contributed by atoms with E-state index in [4.69, 9.17) is 4.74 Å². The lowest BCUT2D eigenvalue weighted by Gasteiger charge is -2.08. The number of carbonyl (C=O) groups excluding carboxylic acids is 2. The summed E-state index contributed by atoms with van der Waals surface area (Å²) in [7, 11) is 3.39. The smallest absolute Gasteiger partial charge is 0.209 e. The normalized spacial score (nSPS) is 10.8. The Morgan fingerprint density at radius 1 is 0.750 bits per heavy atom. The van der Waals surface area contributed by atoms with E-state index in [0.717, 1.165) is 10.9 Å². The lowest BCUT2D eigenvalue weighted by Crippen LogP contribution is -2.07. The van der Waals surface area contributed by atoms with Gasteiger partial charge in [-0.25, -0.2) is 0 Å². The summed E-state index contributed by atoms with van der Waals surface area (Å²) in [6.45, 7) is 0. The summed E-state index contributed by atoms with van der Waals surface area (Å²) in [6, 6.07) is 23.6. The largest absolute Gasteiger partial charge is 0.496 e. The predicted octanol–water partition coefficient (Wildman–Crippen LogP) is 4.65. The molecule has 0 N–H and O–H groups in total. The van der Waals surface area contributed by atoms with Crippen LogP contribution in [0.5, 0.6) is 5.75 Å². The second-order valence-corrected chi connectivity index (χ2v) is 6.59. The molecule has 0 radical (unpaired) electrons. The number of ketones is 2. The van der Waals surface area contributed by atoms with Gasteiger partial charge in [-0.3, -0.25) is 9.59 Å². The molecule has 28 heavy (non-hydrogen) atoms. The number of aryl methyl sites for hydroxylation is 1. The molecule has 4 heteroatoms. The van der Waals surface area contributed by atoms with Crippen LogP contribution in [0.1, 0.15) is 32.0 Å². The van der Waals surface area contributed by atoms with E-state index in [-0.39, 0.29) is 11.6 Å². The monoisotopic (exact) mass is 369 g/mol. The minimum absolute atomic E-state index is 0.0720. The van der Waals surface area contributed by atoms with Gasteiger partial charge in [-0.15, -0.1) is 0 Å². The molecule has 0 amide bonds. The van der Waals surface area contributed by atoms with Crippen molar-refractivity contribution in [2.24, 2.45) is 7.05 Å². The molecule has 0 spiro atoms. The summed E-state index contributed by atoms with van der Waals surface area (Å²) < 4.78 is 7.35. The molecule has 0 atom stereocenters. The van der Waals surface area contributed by atoms with Crippen LogP contribution in [-0.2, 0) is 7.05 Å². The highest BCUT2D eigenvalue weighted by atomic mass is 16.5. The van der Waals surface area contributed by atoms with Crippen LogP contribution in [0.25, 0.3) is 10.9 Å². The molecule has 4 nitrogen and oxygen atoms in total. The van der Waals surface area contributed by atoms with Gasteiger partial charge in [0.2, 0.25) is 5.78 Å². The van der Waals surface area contributed by atoms with Crippen molar-refractivity contribution in [2.45, 2.75) is 0 Å². The Bertz CT molecular complexity index is 1170. The molecule has 0 aliphatic carbocycles. The molecule has 1 aromatic heterocycles. The molecule has 0 aliphatic heterocycles. The van der Waals surface area contributed by atoms with Crippen LogP contribution in [0.15, 0.2) is 78.9 Å². The zero-order valence-electron chi connectivity index (χ0n) is 15.7. The molecule has 0 saturated carbocycles. The molecule has 4 rings (SSSR count). The van der Waals surface area contributed by atoms with E-state index in [1.165, 1.54) is 0 Å². The Labute approximate surface area is 163 Å². The van der Waals surface area contributed by atoms with Crippen molar-refractivity contribution in [1.82, 2.24) is 4.57 Å². The van der Waals surface area contributed by atoms with E-state index in [0.29, 0.717) is 28.1 Å². The first-order valence-electron chi connectivity index (χ1n) is 8.97. The number of nitrogens with zero attached hydrogens (tertiary/aromatic N) is 1. The van der Waals surface area contributed by atoms with Crippen molar-refractivity contribution in [3.05, 3.63) is 101 Å². The Morgan fingerprint density at radius 3 is 1.89 bits per heavy atom. The van der Waals surface area contributed by atoms with Crippen LogP contribution in [-0.4, -0.2) is 23.2 Å². The van der Waals surface area contributed by atoms with Gasteiger partial charge in [0.25, 0.3) is 0 Å². The SMILES string of the molecule is COc1cc(C(=O)c2ccccc2)cc2c1cc(C(=O)c1ccccc1)n2C. The number of aromatic nitrogens is 1. The number of hydrogen-bond donors (Lipinski definition) is 0. The topological polar surface area (TPSA) is 48.3 Å². The summed E-state index contributed by atoms with van der Waals surface area (Å²) >= 11 is 0. The number of fused-ring (bicyclic) bond motifs is 1. The van der Waals surface area contributed by atoms with Gasteiger partial charge < -0.3 is 9.30 Å². The maximum atomic E-state index is 12.9. The first-order chi connectivity index (χ1) is 13.6. The average Bonchev–Trinajstić information content (AvgIpc) is 3.09. The summed E-state index contributed by atoms with van der Waals surface area (Å²) in [4.78, 5) is 25.8. The second-order valence-electron chi connectivity index (χ2n) is 6.59. The zero-order valence-corrected chi connectivity index (χ0v) is 15.7. The predicted molar refractivity (Wildman–Crippen MR) is 109 cm³/mol. The Morgan fingerprint density at radius 2 is 1.32 bits per heavy atom. The van der Waals surface area contributed by atoms with Gasteiger partial charge in [0, 0.05) is 29.1 Å². The Hall–Kier alpha value is -3.66. The molecule has 0 aliphatic rings. The molecule has 0 bridgehead atoms. The van der Waals surface area contributed by atoms with Crippen molar-refractivity contribution >= 4 is 22.5 Å². The number of carbonyl (C=O) groups is 2. The Balaban J connectivity index is 1.86. The minimum Gasteiger partial charge on any atom is -0.496 e. The number of ether oxygens (including phenoxy) is 1. The molecular formula is C24H19NO3. The molecular weight excluding hydrogens is 350 g/mol. The fourth-order valence-electron chi connectivity index (χ4n) is 3.41. The van der Waals surface area contributed by atoms with E-state index < -0.39 is 0 Å². The molecule has 138 valence electrons. The van der Waals surface area contributed by atoms with Crippen molar-refractivity contribution < 1.29 is 14.3 Å². The maximum absolute atomic E-state index is 12.9. The van der Waals surface area contributed by atoms with Gasteiger partial charge in [0.05, 0.1) is 18.3 Å². The lowest BCUT2D eigenvalue weighted by molar-refractivity contribution is 0.102. The summed E-state index contributed by atoms with van der Waals surface area (Å²) in [5.41, 5.74) is 3.07.